The van der Waals surface area contributed by atoms with Gasteiger partial charge in [-0.05, 0) is 45.7 Å². The third kappa shape index (κ3) is 4.80. The first-order valence-electron chi connectivity index (χ1n) is 7.68. The van der Waals surface area contributed by atoms with Gasteiger partial charge in [0.2, 0.25) is 0 Å². The molecule has 0 aromatic carbocycles. The number of thiophene rings is 1. The molecule has 4 nitrogen and oxygen atoms in total. The Bertz CT molecular complexity index is 457. The molecule has 2 atom stereocenters. The molecule has 2 unspecified atom stereocenters. The second kappa shape index (κ2) is 7.38. The van der Waals surface area contributed by atoms with Crippen LogP contribution in [0.5, 0.6) is 0 Å². The molecule has 0 aliphatic carbocycles. The monoisotopic (exact) mass is 310 g/mol. The Morgan fingerprint density at radius 2 is 2.05 bits per heavy atom. The number of nitrogens with one attached hydrogen (secondary N) is 1. The smallest absolute Gasteiger partial charge is 0.261 e. The van der Waals surface area contributed by atoms with Crippen molar-refractivity contribution in [2.45, 2.75) is 46.3 Å². The fraction of sp³-hybridized carbons (Fsp3) is 0.688. The van der Waals surface area contributed by atoms with E-state index in [0.29, 0.717) is 12.2 Å². The fourth-order valence-electron chi connectivity index (χ4n) is 2.74. The third-order valence-electron chi connectivity index (χ3n) is 3.82. The Labute approximate surface area is 131 Å². The summed E-state index contributed by atoms with van der Waals surface area (Å²) in [6, 6.07) is 1.97. The van der Waals surface area contributed by atoms with Crippen LogP contribution < -0.4 is 5.32 Å². The summed E-state index contributed by atoms with van der Waals surface area (Å²) < 4.78 is 5.72. The van der Waals surface area contributed by atoms with Crippen molar-refractivity contribution in [1.29, 1.82) is 0 Å². The average molecular weight is 310 g/mol. The zero-order valence-corrected chi connectivity index (χ0v) is 14.3. The van der Waals surface area contributed by atoms with Gasteiger partial charge in [-0.25, -0.2) is 0 Å². The maximum atomic E-state index is 12.0. The molecule has 1 aliphatic heterocycles. The van der Waals surface area contributed by atoms with Gasteiger partial charge in [-0.3, -0.25) is 9.69 Å². The molecule has 1 saturated heterocycles. The van der Waals surface area contributed by atoms with Crippen molar-refractivity contribution in [2.75, 3.05) is 26.2 Å². The predicted octanol–water partition coefficient (Wildman–Crippen LogP) is 2.59. The number of hydrogen-bond acceptors (Lipinski definition) is 4. The highest BCUT2D eigenvalue weighted by Crippen LogP contribution is 2.20. The van der Waals surface area contributed by atoms with Gasteiger partial charge in [0.25, 0.3) is 5.91 Å². The lowest BCUT2D eigenvalue weighted by molar-refractivity contribution is -0.0679. The molecule has 0 bridgehead atoms. The second-order valence-corrected chi connectivity index (χ2v) is 7.23. The van der Waals surface area contributed by atoms with E-state index in [9.17, 15) is 4.79 Å². The Kier molecular flexibility index (Phi) is 5.79. The molecular formula is C16H26N2O2S. The summed E-state index contributed by atoms with van der Waals surface area (Å²) in [5, 5.41) is 3.02. The summed E-state index contributed by atoms with van der Waals surface area (Å²) in [6.45, 7) is 12.1. The number of hydrogen-bond donors (Lipinski definition) is 1. The molecule has 0 saturated carbocycles. The predicted molar refractivity (Wildman–Crippen MR) is 87.2 cm³/mol. The van der Waals surface area contributed by atoms with Gasteiger partial charge < -0.3 is 10.1 Å². The first-order valence-corrected chi connectivity index (χ1v) is 8.50. The minimum absolute atomic E-state index is 0.0555. The Morgan fingerprint density at radius 1 is 1.38 bits per heavy atom. The molecule has 2 rings (SSSR count). The van der Waals surface area contributed by atoms with Crippen molar-refractivity contribution in [3.05, 3.63) is 21.4 Å². The number of carbonyl (C=O) groups excluding carboxylic acids is 1. The lowest BCUT2D eigenvalue weighted by Gasteiger charge is -2.35. The zero-order chi connectivity index (χ0) is 15.4. The molecular weight excluding hydrogens is 284 g/mol. The van der Waals surface area contributed by atoms with E-state index in [0.717, 1.165) is 37.5 Å². The van der Waals surface area contributed by atoms with Crippen LogP contribution in [0.25, 0.3) is 0 Å². The molecule has 2 heterocycles. The number of nitrogens with zero attached hydrogens (tertiary/aromatic N) is 1. The highest BCUT2D eigenvalue weighted by Gasteiger charge is 2.21. The summed E-state index contributed by atoms with van der Waals surface area (Å²) >= 11 is 1.57. The first kappa shape index (κ1) is 16.5. The molecule has 1 aromatic heterocycles. The van der Waals surface area contributed by atoms with Crippen LogP contribution in [-0.4, -0.2) is 49.2 Å². The van der Waals surface area contributed by atoms with Gasteiger partial charge >= 0.3 is 0 Å². The maximum Gasteiger partial charge on any atom is 0.261 e. The van der Waals surface area contributed by atoms with Crippen molar-refractivity contribution in [2.24, 2.45) is 0 Å². The Balaban J connectivity index is 1.68. The van der Waals surface area contributed by atoms with Crippen LogP contribution >= 0.6 is 11.3 Å². The first-order chi connectivity index (χ1) is 9.95. The molecule has 1 N–H and O–H groups in total. The van der Waals surface area contributed by atoms with E-state index >= 15 is 0 Å². The lowest BCUT2D eigenvalue weighted by atomic mass is 10.2. The zero-order valence-electron chi connectivity index (χ0n) is 13.4. The topological polar surface area (TPSA) is 41.6 Å². The van der Waals surface area contributed by atoms with Crippen molar-refractivity contribution in [3.8, 4) is 0 Å². The van der Waals surface area contributed by atoms with Crippen LogP contribution in [0.15, 0.2) is 6.07 Å². The Morgan fingerprint density at radius 3 is 2.62 bits per heavy atom. The van der Waals surface area contributed by atoms with E-state index in [4.69, 9.17) is 4.74 Å². The number of aryl methyl sites for hydroxylation is 2. The van der Waals surface area contributed by atoms with E-state index in [1.54, 1.807) is 11.3 Å². The number of rotatable bonds is 5. The van der Waals surface area contributed by atoms with Gasteiger partial charge in [-0.1, -0.05) is 0 Å². The van der Waals surface area contributed by atoms with Crippen molar-refractivity contribution in [1.82, 2.24) is 10.2 Å². The number of carbonyl (C=O) groups is 1. The molecule has 0 radical (unpaired) electrons. The van der Waals surface area contributed by atoms with Crippen molar-refractivity contribution >= 4 is 17.2 Å². The van der Waals surface area contributed by atoms with Crippen LogP contribution in [0, 0.1) is 13.8 Å². The van der Waals surface area contributed by atoms with Crippen LogP contribution in [0.2, 0.25) is 0 Å². The van der Waals surface area contributed by atoms with Gasteiger partial charge in [-0.2, -0.15) is 0 Å². The number of morpholine rings is 1. The van der Waals surface area contributed by atoms with Crippen molar-refractivity contribution in [3.63, 3.8) is 0 Å². The molecule has 5 heteroatoms. The van der Waals surface area contributed by atoms with Gasteiger partial charge in [0.15, 0.2) is 0 Å². The van der Waals surface area contributed by atoms with Gasteiger partial charge in [0.1, 0.15) is 0 Å². The van der Waals surface area contributed by atoms with E-state index in [1.165, 1.54) is 10.4 Å². The van der Waals surface area contributed by atoms with Gasteiger partial charge in [-0.15, -0.1) is 11.3 Å². The second-order valence-electron chi connectivity index (χ2n) is 5.98. The van der Waals surface area contributed by atoms with Crippen LogP contribution in [0.1, 0.15) is 40.4 Å². The number of amides is 1. The van der Waals surface area contributed by atoms with Crippen LogP contribution in [0.3, 0.4) is 0 Å². The molecule has 1 fully saturated rings. The maximum absolute atomic E-state index is 12.0. The summed E-state index contributed by atoms with van der Waals surface area (Å²) in [5.74, 6) is 0.0555. The minimum Gasteiger partial charge on any atom is -0.373 e. The van der Waals surface area contributed by atoms with E-state index in [-0.39, 0.29) is 5.91 Å². The molecule has 21 heavy (non-hydrogen) atoms. The largest absolute Gasteiger partial charge is 0.373 e. The van der Waals surface area contributed by atoms with Crippen LogP contribution in [0.4, 0.5) is 0 Å². The summed E-state index contributed by atoms with van der Waals surface area (Å²) in [5.41, 5.74) is 1.20. The quantitative estimate of drug-likeness (QED) is 0.850. The molecule has 1 aliphatic rings. The molecule has 0 spiro atoms. The summed E-state index contributed by atoms with van der Waals surface area (Å²) in [6.07, 6.45) is 1.59. The average Bonchev–Trinajstić information content (AvgIpc) is 2.73. The third-order valence-corrected chi connectivity index (χ3v) is 4.97. The summed E-state index contributed by atoms with van der Waals surface area (Å²) in [7, 11) is 0. The lowest BCUT2D eigenvalue weighted by Crippen LogP contribution is -2.46. The molecule has 1 amide bonds. The normalized spacial score (nSPS) is 23.2. The van der Waals surface area contributed by atoms with E-state index in [2.05, 4.69) is 31.0 Å². The van der Waals surface area contributed by atoms with Crippen LogP contribution in [-0.2, 0) is 4.74 Å². The van der Waals surface area contributed by atoms with Gasteiger partial charge in [0.05, 0.1) is 17.1 Å². The highest BCUT2D eigenvalue weighted by molar-refractivity contribution is 7.14. The van der Waals surface area contributed by atoms with E-state index in [1.807, 2.05) is 13.0 Å². The number of ether oxygens (including phenoxy) is 1. The summed E-state index contributed by atoms with van der Waals surface area (Å²) in [4.78, 5) is 16.5. The van der Waals surface area contributed by atoms with E-state index < -0.39 is 0 Å². The van der Waals surface area contributed by atoms with Gasteiger partial charge in [0, 0.05) is 31.1 Å². The highest BCUT2D eigenvalue weighted by atomic mass is 32.1. The SMILES string of the molecule is Cc1cc(C(=O)NCCCN2CC(C)OC(C)C2)sc1C. The molecule has 118 valence electrons. The Hall–Kier alpha value is -0.910. The van der Waals surface area contributed by atoms with Crippen molar-refractivity contribution < 1.29 is 9.53 Å². The molecule has 1 aromatic rings. The fourth-order valence-corrected chi connectivity index (χ4v) is 3.69. The minimum atomic E-state index is 0.0555. The standard InChI is InChI=1S/C16H26N2O2S/c1-11-8-15(21-14(11)4)16(19)17-6-5-7-18-9-12(2)20-13(3)10-18/h8,12-13H,5-7,9-10H2,1-4H3,(H,17,19).